The minimum atomic E-state index is 0.0290. The summed E-state index contributed by atoms with van der Waals surface area (Å²) < 4.78 is 5.49. The molecule has 2 heterocycles. The molecular formula is C12H16Cl2N2O. The minimum Gasteiger partial charge on any atom is -0.378 e. The van der Waals surface area contributed by atoms with Gasteiger partial charge in [-0.05, 0) is 19.9 Å². The highest BCUT2D eigenvalue weighted by Gasteiger charge is 2.30. The second kappa shape index (κ2) is 5.11. The molecule has 1 aromatic rings. The molecule has 1 fully saturated rings. The predicted octanol–water partition coefficient (Wildman–Crippen LogP) is 3.00. The van der Waals surface area contributed by atoms with Gasteiger partial charge in [-0.3, -0.25) is 4.90 Å². The Kier molecular flexibility index (Phi) is 3.93. The third-order valence-electron chi connectivity index (χ3n) is 3.07. The summed E-state index contributed by atoms with van der Waals surface area (Å²) in [5, 5.41) is 0.916. The first-order valence-electron chi connectivity index (χ1n) is 5.63. The summed E-state index contributed by atoms with van der Waals surface area (Å²) in [6.45, 7) is 7.53. The zero-order chi connectivity index (χ0) is 12.5. The smallest absolute Gasteiger partial charge is 0.135 e. The number of aromatic nitrogens is 1. The second-order valence-corrected chi connectivity index (χ2v) is 5.62. The Balaban J connectivity index is 2.14. The summed E-state index contributed by atoms with van der Waals surface area (Å²) >= 11 is 11.9. The van der Waals surface area contributed by atoms with E-state index in [-0.39, 0.29) is 5.54 Å². The van der Waals surface area contributed by atoms with Crippen LogP contribution >= 0.6 is 23.2 Å². The number of hydrogen-bond acceptors (Lipinski definition) is 3. The van der Waals surface area contributed by atoms with Gasteiger partial charge in [0.1, 0.15) is 10.3 Å². The Hall–Kier alpha value is -0.350. The molecule has 1 saturated heterocycles. The van der Waals surface area contributed by atoms with Crippen molar-refractivity contribution in [2.45, 2.75) is 25.9 Å². The molecular weight excluding hydrogens is 259 g/mol. The van der Waals surface area contributed by atoms with Crippen LogP contribution in [0.15, 0.2) is 12.1 Å². The summed E-state index contributed by atoms with van der Waals surface area (Å²) in [7, 11) is 0. The van der Waals surface area contributed by atoms with Crippen molar-refractivity contribution < 1.29 is 4.74 Å². The van der Waals surface area contributed by atoms with Crippen LogP contribution in [0.5, 0.6) is 0 Å². The number of halogens is 2. The lowest BCUT2D eigenvalue weighted by molar-refractivity contribution is -0.0553. The first kappa shape index (κ1) is 13.1. The van der Waals surface area contributed by atoms with Crippen molar-refractivity contribution in [3.63, 3.8) is 0 Å². The Morgan fingerprint density at radius 3 is 2.82 bits per heavy atom. The largest absolute Gasteiger partial charge is 0.378 e. The van der Waals surface area contributed by atoms with Gasteiger partial charge in [-0.25, -0.2) is 4.98 Å². The number of pyridine rings is 1. The van der Waals surface area contributed by atoms with Crippen molar-refractivity contribution in [2.75, 3.05) is 19.8 Å². The normalized spacial score (nSPS) is 20.5. The van der Waals surface area contributed by atoms with Crippen molar-refractivity contribution in [1.29, 1.82) is 0 Å². The van der Waals surface area contributed by atoms with E-state index in [1.165, 1.54) is 0 Å². The standard InChI is InChI=1S/C12H16Cl2N2O/c1-12(2)8-17-6-5-16(12)7-9-3-4-10(13)15-11(9)14/h3-4H,5-8H2,1-2H3. The maximum atomic E-state index is 6.09. The molecule has 0 radical (unpaired) electrons. The van der Waals surface area contributed by atoms with Crippen LogP contribution in [0.2, 0.25) is 10.3 Å². The third kappa shape index (κ3) is 3.10. The molecule has 0 spiro atoms. The number of ether oxygens (including phenoxy) is 1. The highest BCUT2D eigenvalue weighted by Crippen LogP contribution is 2.24. The maximum absolute atomic E-state index is 6.09. The van der Waals surface area contributed by atoms with E-state index in [9.17, 15) is 0 Å². The maximum Gasteiger partial charge on any atom is 0.135 e. The van der Waals surface area contributed by atoms with Gasteiger partial charge in [0.25, 0.3) is 0 Å². The van der Waals surface area contributed by atoms with Crippen molar-refractivity contribution >= 4 is 23.2 Å². The van der Waals surface area contributed by atoms with Crippen LogP contribution < -0.4 is 0 Å². The summed E-state index contributed by atoms with van der Waals surface area (Å²) in [5.74, 6) is 0. The molecule has 0 unspecified atom stereocenters. The summed E-state index contributed by atoms with van der Waals surface area (Å²) in [6.07, 6.45) is 0. The number of hydrogen-bond donors (Lipinski definition) is 0. The van der Waals surface area contributed by atoms with E-state index < -0.39 is 0 Å². The van der Waals surface area contributed by atoms with Gasteiger partial charge >= 0.3 is 0 Å². The quantitative estimate of drug-likeness (QED) is 0.776. The lowest BCUT2D eigenvalue weighted by Gasteiger charge is -2.42. The molecule has 3 nitrogen and oxygen atoms in total. The van der Waals surface area contributed by atoms with Crippen LogP contribution in [0.1, 0.15) is 19.4 Å². The van der Waals surface area contributed by atoms with Gasteiger partial charge < -0.3 is 4.74 Å². The molecule has 1 aliphatic heterocycles. The molecule has 5 heteroatoms. The van der Waals surface area contributed by atoms with Crippen molar-refractivity contribution in [3.8, 4) is 0 Å². The first-order chi connectivity index (χ1) is 7.99. The Bertz CT molecular complexity index is 409. The number of morpholine rings is 1. The first-order valence-corrected chi connectivity index (χ1v) is 6.38. The van der Waals surface area contributed by atoms with Crippen LogP contribution in [-0.2, 0) is 11.3 Å². The molecule has 0 bridgehead atoms. The molecule has 17 heavy (non-hydrogen) atoms. The van der Waals surface area contributed by atoms with Gasteiger partial charge in [-0.1, -0.05) is 29.3 Å². The van der Waals surface area contributed by atoms with E-state index in [2.05, 4.69) is 23.7 Å². The van der Waals surface area contributed by atoms with Gasteiger partial charge in [0.2, 0.25) is 0 Å². The van der Waals surface area contributed by atoms with Crippen molar-refractivity contribution in [3.05, 3.63) is 28.0 Å². The molecule has 0 amide bonds. The van der Waals surface area contributed by atoms with Gasteiger partial charge in [0.05, 0.1) is 13.2 Å². The minimum absolute atomic E-state index is 0.0290. The third-order valence-corrected chi connectivity index (χ3v) is 3.61. The molecule has 2 rings (SSSR count). The van der Waals surface area contributed by atoms with Crippen LogP contribution in [0.25, 0.3) is 0 Å². The Labute approximate surface area is 112 Å². The van der Waals surface area contributed by atoms with Gasteiger partial charge in [0, 0.05) is 24.2 Å². The zero-order valence-corrected chi connectivity index (χ0v) is 11.6. The fourth-order valence-electron chi connectivity index (χ4n) is 1.95. The van der Waals surface area contributed by atoms with E-state index in [0.717, 1.165) is 31.9 Å². The van der Waals surface area contributed by atoms with Crippen molar-refractivity contribution in [1.82, 2.24) is 9.88 Å². The SMILES string of the molecule is CC1(C)COCCN1Cc1ccc(Cl)nc1Cl. The summed E-state index contributed by atoms with van der Waals surface area (Å²) in [4.78, 5) is 6.41. The highest BCUT2D eigenvalue weighted by molar-refractivity contribution is 6.32. The predicted molar refractivity (Wildman–Crippen MR) is 69.6 cm³/mol. The van der Waals surface area contributed by atoms with E-state index >= 15 is 0 Å². The van der Waals surface area contributed by atoms with E-state index in [0.29, 0.717) is 10.3 Å². The number of rotatable bonds is 2. The average molecular weight is 275 g/mol. The molecule has 0 N–H and O–H groups in total. The second-order valence-electron chi connectivity index (χ2n) is 4.87. The zero-order valence-electron chi connectivity index (χ0n) is 10.0. The monoisotopic (exact) mass is 274 g/mol. The molecule has 0 saturated carbocycles. The highest BCUT2D eigenvalue weighted by atomic mass is 35.5. The van der Waals surface area contributed by atoms with E-state index in [4.69, 9.17) is 27.9 Å². The average Bonchev–Trinajstić information content (AvgIpc) is 2.24. The number of nitrogens with zero attached hydrogens (tertiary/aromatic N) is 2. The van der Waals surface area contributed by atoms with Crippen LogP contribution in [0.3, 0.4) is 0 Å². The molecule has 1 aliphatic rings. The molecule has 0 atom stereocenters. The summed E-state index contributed by atoms with van der Waals surface area (Å²) in [5.41, 5.74) is 1.03. The van der Waals surface area contributed by atoms with Crippen LogP contribution in [0, 0.1) is 0 Å². The van der Waals surface area contributed by atoms with Gasteiger partial charge in [-0.15, -0.1) is 0 Å². The Morgan fingerprint density at radius 2 is 2.18 bits per heavy atom. The molecule has 0 aromatic carbocycles. The lowest BCUT2D eigenvalue weighted by Crippen LogP contribution is -2.52. The van der Waals surface area contributed by atoms with Crippen LogP contribution in [-0.4, -0.2) is 35.2 Å². The van der Waals surface area contributed by atoms with Crippen LogP contribution in [0.4, 0.5) is 0 Å². The molecule has 0 aliphatic carbocycles. The topological polar surface area (TPSA) is 25.4 Å². The van der Waals surface area contributed by atoms with Gasteiger partial charge in [-0.2, -0.15) is 0 Å². The van der Waals surface area contributed by atoms with Gasteiger partial charge in [0.15, 0.2) is 0 Å². The lowest BCUT2D eigenvalue weighted by atomic mass is 10.0. The summed E-state index contributed by atoms with van der Waals surface area (Å²) in [6, 6.07) is 3.71. The van der Waals surface area contributed by atoms with E-state index in [1.54, 1.807) is 6.07 Å². The van der Waals surface area contributed by atoms with E-state index in [1.807, 2.05) is 6.07 Å². The molecule has 94 valence electrons. The fourth-order valence-corrected chi connectivity index (χ4v) is 2.35. The Morgan fingerprint density at radius 1 is 1.41 bits per heavy atom. The molecule has 1 aromatic heterocycles. The van der Waals surface area contributed by atoms with Crippen molar-refractivity contribution in [2.24, 2.45) is 0 Å². The fraction of sp³-hybridized carbons (Fsp3) is 0.583.